The Hall–Kier alpha value is -3.93. The molecule has 1 fully saturated rings. The molecule has 0 aliphatic heterocycles. The predicted molar refractivity (Wildman–Crippen MR) is 120 cm³/mol. The van der Waals surface area contributed by atoms with Gasteiger partial charge >= 0.3 is 5.97 Å². The van der Waals surface area contributed by atoms with E-state index in [0.29, 0.717) is 5.56 Å². The van der Waals surface area contributed by atoms with E-state index in [9.17, 15) is 19.5 Å². The van der Waals surface area contributed by atoms with Gasteiger partial charge in [0.05, 0.1) is 11.3 Å². The topological polar surface area (TPSA) is 95.5 Å². The van der Waals surface area contributed by atoms with Crippen molar-refractivity contribution in [3.8, 4) is 0 Å². The third kappa shape index (κ3) is 4.80. The molecular weight excluding hydrogens is 392 g/mol. The van der Waals surface area contributed by atoms with Gasteiger partial charge in [-0.25, -0.2) is 4.79 Å². The minimum absolute atomic E-state index is 0.0759. The van der Waals surface area contributed by atoms with Crippen LogP contribution in [0.2, 0.25) is 0 Å². The summed E-state index contributed by atoms with van der Waals surface area (Å²) in [5, 5.41) is 17.1. The second kappa shape index (κ2) is 8.44. The standard InChI is InChI=1S/C25H22N2O4/c1-15(17-7-6-16-4-2-3-5-18(16)13-17)12-23(28)27-22-14-19(8-11-21(22)25(30)31)24(29)26-20-9-10-20/h2-8,11-14,20H,9-10H2,1H3,(H,26,29)(H,27,28)(H,30,31). The fourth-order valence-corrected chi connectivity index (χ4v) is 3.36. The van der Waals surface area contributed by atoms with Gasteiger partial charge in [-0.2, -0.15) is 0 Å². The van der Waals surface area contributed by atoms with Crippen molar-refractivity contribution < 1.29 is 19.5 Å². The first-order valence-electron chi connectivity index (χ1n) is 10.1. The highest BCUT2D eigenvalue weighted by atomic mass is 16.4. The van der Waals surface area contributed by atoms with E-state index in [0.717, 1.165) is 34.8 Å². The third-order valence-corrected chi connectivity index (χ3v) is 5.24. The molecule has 0 bridgehead atoms. The molecule has 156 valence electrons. The SMILES string of the molecule is CC(=CC(=O)Nc1cc(C(=O)NC2CC2)ccc1C(=O)O)c1ccc2ccccc2c1. The summed E-state index contributed by atoms with van der Waals surface area (Å²) >= 11 is 0. The first-order chi connectivity index (χ1) is 14.9. The lowest BCUT2D eigenvalue weighted by Gasteiger charge is -2.11. The number of nitrogens with one attached hydrogen (secondary N) is 2. The number of hydrogen-bond donors (Lipinski definition) is 3. The largest absolute Gasteiger partial charge is 0.478 e. The highest BCUT2D eigenvalue weighted by Gasteiger charge is 2.24. The van der Waals surface area contributed by atoms with Gasteiger partial charge in [0.15, 0.2) is 0 Å². The van der Waals surface area contributed by atoms with Crippen molar-refractivity contribution in [2.24, 2.45) is 0 Å². The van der Waals surface area contributed by atoms with Gasteiger partial charge in [-0.15, -0.1) is 0 Å². The number of carboxylic acid groups (broad SMARTS) is 1. The summed E-state index contributed by atoms with van der Waals surface area (Å²) < 4.78 is 0. The van der Waals surface area contributed by atoms with Crippen LogP contribution >= 0.6 is 0 Å². The molecule has 0 radical (unpaired) electrons. The minimum atomic E-state index is -1.18. The average molecular weight is 414 g/mol. The maximum atomic E-state index is 12.6. The van der Waals surface area contributed by atoms with Crippen molar-refractivity contribution in [3.05, 3.63) is 83.4 Å². The Bertz CT molecular complexity index is 1230. The van der Waals surface area contributed by atoms with Gasteiger partial charge in [0.2, 0.25) is 5.91 Å². The zero-order chi connectivity index (χ0) is 22.0. The van der Waals surface area contributed by atoms with Gasteiger partial charge in [0.1, 0.15) is 0 Å². The molecule has 0 unspecified atom stereocenters. The summed E-state index contributed by atoms with van der Waals surface area (Å²) in [6, 6.07) is 18.2. The van der Waals surface area contributed by atoms with Crippen molar-refractivity contribution in [2.75, 3.05) is 5.32 Å². The van der Waals surface area contributed by atoms with Crippen LogP contribution in [0.4, 0.5) is 5.69 Å². The van der Waals surface area contributed by atoms with Crippen LogP contribution < -0.4 is 10.6 Å². The number of anilines is 1. The van der Waals surface area contributed by atoms with E-state index in [4.69, 9.17) is 0 Å². The normalized spacial score (nSPS) is 13.6. The van der Waals surface area contributed by atoms with Crippen LogP contribution in [0.1, 0.15) is 46.0 Å². The Morgan fingerprint density at radius 3 is 2.35 bits per heavy atom. The Balaban J connectivity index is 1.56. The van der Waals surface area contributed by atoms with Gasteiger partial charge in [-0.1, -0.05) is 36.4 Å². The number of fused-ring (bicyclic) bond motifs is 1. The van der Waals surface area contributed by atoms with E-state index >= 15 is 0 Å². The molecule has 1 aliphatic rings. The first kappa shape index (κ1) is 20.3. The number of carbonyl (C=O) groups is 3. The van der Waals surface area contributed by atoms with Crippen molar-refractivity contribution in [3.63, 3.8) is 0 Å². The van der Waals surface area contributed by atoms with Crippen molar-refractivity contribution in [1.29, 1.82) is 0 Å². The predicted octanol–water partition coefficient (Wildman–Crippen LogP) is 4.47. The summed E-state index contributed by atoms with van der Waals surface area (Å²) in [5.41, 5.74) is 1.95. The van der Waals surface area contributed by atoms with E-state index in [-0.39, 0.29) is 23.2 Å². The summed E-state index contributed by atoms with van der Waals surface area (Å²) in [5.74, 6) is -1.93. The van der Waals surface area contributed by atoms with Crippen molar-refractivity contribution >= 4 is 39.8 Å². The molecule has 6 nitrogen and oxygen atoms in total. The Morgan fingerprint density at radius 1 is 0.935 bits per heavy atom. The minimum Gasteiger partial charge on any atom is -0.478 e. The molecule has 3 aromatic carbocycles. The van der Waals surface area contributed by atoms with Crippen LogP contribution in [0.25, 0.3) is 16.3 Å². The van der Waals surface area contributed by atoms with E-state index < -0.39 is 11.9 Å². The summed E-state index contributed by atoms with van der Waals surface area (Å²) in [6.07, 6.45) is 3.31. The Kier molecular flexibility index (Phi) is 5.54. The number of aromatic carboxylic acids is 1. The second-order valence-electron chi connectivity index (χ2n) is 7.69. The Morgan fingerprint density at radius 2 is 1.65 bits per heavy atom. The van der Waals surface area contributed by atoms with Crippen molar-refractivity contribution in [2.45, 2.75) is 25.8 Å². The number of carboxylic acids is 1. The Labute approximate surface area is 179 Å². The number of allylic oxidation sites excluding steroid dienone is 1. The maximum absolute atomic E-state index is 12.6. The zero-order valence-corrected chi connectivity index (χ0v) is 17.0. The first-order valence-corrected chi connectivity index (χ1v) is 10.1. The molecule has 3 aromatic rings. The highest BCUT2D eigenvalue weighted by molar-refractivity contribution is 6.08. The molecule has 1 saturated carbocycles. The molecule has 0 spiro atoms. The molecule has 3 N–H and O–H groups in total. The van der Waals surface area contributed by atoms with Crippen LogP contribution in [-0.2, 0) is 4.79 Å². The molecule has 2 amide bonds. The highest BCUT2D eigenvalue weighted by Crippen LogP contribution is 2.23. The zero-order valence-electron chi connectivity index (χ0n) is 17.0. The molecule has 0 heterocycles. The van der Waals surface area contributed by atoms with Crippen LogP contribution in [0.5, 0.6) is 0 Å². The quantitative estimate of drug-likeness (QED) is 0.519. The fraction of sp³-hybridized carbons (Fsp3) is 0.160. The molecule has 1 aliphatic carbocycles. The van der Waals surface area contributed by atoms with Crippen LogP contribution in [-0.4, -0.2) is 28.9 Å². The molecular formula is C25H22N2O4. The van der Waals surface area contributed by atoms with E-state index in [1.165, 1.54) is 24.3 Å². The second-order valence-corrected chi connectivity index (χ2v) is 7.69. The third-order valence-electron chi connectivity index (χ3n) is 5.24. The summed E-state index contributed by atoms with van der Waals surface area (Å²) in [4.78, 5) is 36.5. The van der Waals surface area contributed by atoms with Crippen LogP contribution in [0.3, 0.4) is 0 Å². The summed E-state index contributed by atoms with van der Waals surface area (Å²) in [6.45, 7) is 1.82. The lowest BCUT2D eigenvalue weighted by atomic mass is 10.0. The molecule has 0 atom stereocenters. The molecule has 6 heteroatoms. The van der Waals surface area contributed by atoms with Crippen LogP contribution in [0.15, 0.2) is 66.7 Å². The van der Waals surface area contributed by atoms with Crippen LogP contribution in [0, 0.1) is 0 Å². The van der Waals surface area contributed by atoms with Gasteiger partial charge in [-0.05, 0) is 65.9 Å². The lowest BCUT2D eigenvalue weighted by Crippen LogP contribution is -2.25. The molecule has 4 rings (SSSR count). The van der Waals surface area contributed by atoms with Gasteiger partial charge in [0.25, 0.3) is 5.91 Å². The van der Waals surface area contributed by atoms with E-state index in [2.05, 4.69) is 10.6 Å². The van der Waals surface area contributed by atoms with Gasteiger partial charge < -0.3 is 15.7 Å². The monoisotopic (exact) mass is 414 g/mol. The number of benzene rings is 3. The fourth-order valence-electron chi connectivity index (χ4n) is 3.36. The number of amides is 2. The number of rotatable bonds is 6. The molecule has 0 saturated heterocycles. The molecule has 0 aromatic heterocycles. The smallest absolute Gasteiger partial charge is 0.337 e. The molecule has 31 heavy (non-hydrogen) atoms. The average Bonchev–Trinajstić information content (AvgIpc) is 3.57. The van der Waals surface area contributed by atoms with Gasteiger partial charge in [0, 0.05) is 17.7 Å². The van der Waals surface area contributed by atoms with Gasteiger partial charge in [-0.3, -0.25) is 9.59 Å². The van der Waals surface area contributed by atoms with Crippen molar-refractivity contribution in [1.82, 2.24) is 5.32 Å². The lowest BCUT2D eigenvalue weighted by molar-refractivity contribution is -0.111. The van der Waals surface area contributed by atoms with E-state index in [1.807, 2.05) is 49.4 Å². The summed E-state index contributed by atoms with van der Waals surface area (Å²) in [7, 11) is 0. The number of carbonyl (C=O) groups excluding carboxylic acids is 2. The number of hydrogen-bond acceptors (Lipinski definition) is 3. The maximum Gasteiger partial charge on any atom is 0.337 e. The van der Waals surface area contributed by atoms with E-state index in [1.54, 1.807) is 0 Å².